The number of aliphatic hydroxyl groups excluding tert-OH is 1. The van der Waals surface area contributed by atoms with E-state index in [1.807, 2.05) is 17.5 Å². The molecule has 2 rings (SSSR count). The molecule has 2 heterocycles. The van der Waals surface area contributed by atoms with Crippen LogP contribution in [0.5, 0.6) is 0 Å². The summed E-state index contributed by atoms with van der Waals surface area (Å²) in [4.78, 5) is 13.4. The Morgan fingerprint density at radius 2 is 2.12 bits per heavy atom. The molecule has 0 saturated heterocycles. The van der Waals surface area contributed by atoms with Gasteiger partial charge in [0.25, 0.3) is 0 Å². The topological polar surface area (TPSA) is 57.5 Å². The number of aromatic carboxylic acids is 1. The second kappa shape index (κ2) is 5.44. The number of thiophene rings is 2. The van der Waals surface area contributed by atoms with E-state index in [0.29, 0.717) is 11.3 Å². The average Bonchev–Trinajstić information content (AvgIpc) is 2.90. The molecule has 17 heavy (non-hydrogen) atoms. The van der Waals surface area contributed by atoms with Crippen molar-refractivity contribution in [1.29, 1.82) is 0 Å². The minimum atomic E-state index is -0.872. The normalized spacial score (nSPS) is 10.6. The van der Waals surface area contributed by atoms with Gasteiger partial charge in [-0.05, 0) is 35.6 Å². The van der Waals surface area contributed by atoms with Gasteiger partial charge in [-0.1, -0.05) is 0 Å². The fraction of sp³-hybridized carbons (Fsp3) is 0.250. The number of aliphatic hydroxyl groups is 1. The summed E-state index contributed by atoms with van der Waals surface area (Å²) in [5, 5.41) is 19.8. The highest BCUT2D eigenvalue weighted by Gasteiger charge is 2.10. The molecule has 0 amide bonds. The van der Waals surface area contributed by atoms with Gasteiger partial charge < -0.3 is 10.2 Å². The molecule has 0 aliphatic rings. The van der Waals surface area contributed by atoms with Gasteiger partial charge in [0, 0.05) is 22.8 Å². The van der Waals surface area contributed by atoms with Crippen molar-refractivity contribution in [2.75, 3.05) is 6.61 Å². The Morgan fingerprint density at radius 1 is 1.29 bits per heavy atom. The van der Waals surface area contributed by atoms with E-state index >= 15 is 0 Å². The van der Waals surface area contributed by atoms with Crippen molar-refractivity contribution in [1.82, 2.24) is 0 Å². The van der Waals surface area contributed by atoms with Crippen LogP contribution in [-0.4, -0.2) is 22.8 Å². The van der Waals surface area contributed by atoms with Gasteiger partial charge in [-0.2, -0.15) is 0 Å². The average molecular weight is 268 g/mol. The van der Waals surface area contributed by atoms with Crippen molar-refractivity contribution < 1.29 is 15.0 Å². The predicted molar refractivity (Wildman–Crippen MR) is 69.2 cm³/mol. The first-order chi connectivity index (χ1) is 8.20. The lowest BCUT2D eigenvalue weighted by atomic mass is 10.1. The monoisotopic (exact) mass is 268 g/mol. The quantitative estimate of drug-likeness (QED) is 0.876. The summed E-state index contributed by atoms with van der Waals surface area (Å²) in [5.41, 5.74) is 1.16. The Bertz CT molecular complexity index is 513. The molecule has 5 heteroatoms. The lowest BCUT2D eigenvalue weighted by Crippen LogP contribution is -1.93. The van der Waals surface area contributed by atoms with Crippen LogP contribution < -0.4 is 0 Å². The third-order valence-electron chi connectivity index (χ3n) is 2.43. The third kappa shape index (κ3) is 2.94. The Kier molecular flexibility index (Phi) is 3.93. The summed E-state index contributed by atoms with van der Waals surface area (Å²) in [7, 11) is 0. The van der Waals surface area contributed by atoms with Crippen LogP contribution in [0.3, 0.4) is 0 Å². The Hall–Kier alpha value is -1.17. The maximum atomic E-state index is 10.8. The molecule has 3 nitrogen and oxygen atoms in total. The maximum Gasteiger partial charge on any atom is 0.345 e. The second-order valence-corrected chi connectivity index (χ2v) is 5.76. The highest BCUT2D eigenvalue weighted by Crippen LogP contribution is 2.25. The third-order valence-corrected chi connectivity index (χ3v) is 4.46. The molecule has 0 aliphatic carbocycles. The zero-order chi connectivity index (χ0) is 12.3. The standard InChI is InChI=1S/C12H12O3S2/c13-5-3-8-4-6-16-11(8)7-9-1-2-10(17-9)12(14)15/h1-2,4,6,13H,3,5,7H2,(H,14,15). The minimum absolute atomic E-state index is 0.147. The van der Waals surface area contributed by atoms with Crippen LogP contribution in [0.1, 0.15) is 25.0 Å². The van der Waals surface area contributed by atoms with Crippen LogP contribution in [0.25, 0.3) is 0 Å². The fourth-order valence-electron chi connectivity index (χ4n) is 1.61. The lowest BCUT2D eigenvalue weighted by Gasteiger charge is -1.99. The number of carbonyl (C=O) groups is 1. The SMILES string of the molecule is O=C(O)c1ccc(Cc2sccc2CCO)s1. The van der Waals surface area contributed by atoms with Gasteiger partial charge >= 0.3 is 5.97 Å². The lowest BCUT2D eigenvalue weighted by molar-refractivity contribution is 0.0702. The highest BCUT2D eigenvalue weighted by molar-refractivity contribution is 7.14. The maximum absolute atomic E-state index is 10.8. The number of carboxylic acids is 1. The van der Waals surface area contributed by atoms with E-state index < -0.39 is 5.97 Å². The first kappa shape index (κ1) is 12.3. The van der Waals surface area contributed by atoms with E-state index in [9.17, 15) is 4.79 Å². The molecule has 0 radical (unpaired) electrons. The molecule has 0 saturated carbocycles. The highest BCUT2D eigenvalue weighted by atomic mass is 32.1. The van der Waals surface area contributed by atoms with Gasteiger partial charge in [0.05, 0.1) is 0 Å². The Labute approximate surface area is 107 Å². The van der Waals surface area contributed by atoms with Crippen molar-refractivity contribution in [3.05, 3.63) is 43.8 Å². The first-order valence-electron chi connectivity index (χ1n) is 5.19. The van der Waals surface area contributed by atoms with E-state index in [-0.39, 0.29) is 6.61 Å². The number of hydrogen-bond donors (Lipinski definition) is 2. The molecule has 2 aromatic rings. The van der Waals surface area contributed by atoms with Crippen LogP contribution in [0.4, 0.5) is 0 Å². The number of rotatable bonds is 5. The molecular formula is C12H12O3S2. The van der Waals surface area contributed by atoms with Crippen LogP contribution >= 0.6 is 22.7 Å². The van der Waals surface area contributed by atoms with Crippen molar-refractivity contribution in [2.24, 2.45) is 0 Å². The Balaban J connectivity index is 2.13. The molecule has 90 valence electrons. The summed E-state index contributed by atoms with van der Waals surface area (Å²) < 4.78 is 0. The fourth-order valence-corrected chi connectivity index (χ4v) is 3.52. The van der Waals surface area contributed by atoms with E-state index in [4.69, 9.17) is 10.2 Å². The zero-order valence-electron chi connectivity index (χ0n) is 9.05. The zero-order valence-corrected chi connectivity index (χ0v) is 10.7. The van der Waals surface area contributed by atoms with Crippen molar-refractivity contribution >= 4 is 28.6 Å². The molecule has 0 unspecified atom stereocenters. The van der Waals surface area contributed by atoms with Gasteiger partial charge in [-0.15, -0.1) is 22.7 Å². The van der Waals surface area contributed by atoms with Gasteiger partial charge in [0.2, 0.25) is 0 Å². The molecule has 0 atom stereocenters. The van der Waals surface area contributed by atoms with Crippen molar-refractivity contribution in [3.8, 4) is 0 Å². The first-order valence-corrected chi connectivity index (χ1v) is 6.88. The molecule has 2 aromatic heterocycles. The number of hydrogen-bond acceptors (Lipinski definition) is 4. The summed E-state index contributed by atoms with van der Waals surface area (Å²) in [6.45, 7) is 0.147. The van der Waals surface area contributed by atoms with Crippen LogP contribution in [-0.2, 0) is 12.8 Å². The molecule has 2 N–H and O–H groups in total. The van der Waals surface area contributed by atoms with E-state index in [2.05, 4.69) is 0 Å². The summed E-state index contributed by atoms with van der Waals surface area (Å²) in [6, 6.07) is 5.51. The van der Waals surface area contributed by atoms with E-state index in [0.717, 1.165) is 16.9 Å². The van der Waals surface area contributed by atoms with Gasteiger partial charge in [0.15, 0.2) is 0 Å². The molecule has 0 aliphatic heterocycles. The van der Waals surface area contributed by atoms with Crippen molar-refractivity contribution in [2.45, 2.75) is 12.8 Å². The predicted octanol–water partition coefficient (Wildman–Crippen LogP) is 2.63. The van der Waals surface area contributed by atoms with Crippen LogP contribution in [0.2, 0.25) is 0 Å². The Morgan fingerprint density at radius 3 is 2.76 bits per heavy atom. The van der Waals surface area contributed by atoms with Gasteiger partial charge in [-0.3, -0.25) is 0 Å². The summed E-state index contributed by atoms with van der Waals surface area (Å²) in [5.74, 6) is -0.872. The molecule has 0 spiro atoms. The van der Waals surface area contributed by atoms with Crippen LogP contribution in [0, 0.1) is 0 Å². The molecular weight excluding hydrogens is 256 g/mol. The molecule has 0 aromatic carbocycles. The number of carboxylic acid groups (broad SMARTS) is 1. The molecule has 0 fully saturated rings. The van der Waals surface area contributed by atoms with Crippen molar-refractivity contribution in [3.63, 3.8) is 0 Å². The summed E-state index contributed by atoms with van der Waals surface area (Å²) >= 11 is 2.96. The van der Waals surface area contributed by atoms with Gasteiger partial charge in [0.1, 0.15) is 4.88 Å². The van der Waals surface area contributed by atoms with E-state index in [1.54, 1.807) is 17.4 Å². The van der Waals surface area contributed by atoms with E-state index in [1.165, 1.54) is 16.2 Å². The van der Waals surface area contributed by atoms with Gasteiger partial charge in [-0.25, -0.2) is 4.79 Å². The largest absolute Gasteiger partial charge is 0.477 e. The minimum Gasteiger partial charge on any atom is -0.477 e. The molecule has 0 bridgehead atoms. The summed E-state index contributed by atoms with van der Waals surface area (Å²) in [6.07, 6.45) is 1.42. The van der Waals surface area contributed by atoms with Crippen LogP contribution in [0.15, 0.2) is 23.6 Å². The second-order valence-electron chi connectivity index (χ2n) is 3.59. The smallest absolute Gasteiger partial charge is 0.345 e.